The van der Waals surface area contributed by atoms with Crippen molar-refractivity contribution in [2.45, 2.75) is 284 Å². The molecule has 0 amide bonds. The molecule has 0 aliphatic rings. The van der Waals surface area contributed by atoms with Gasteiger partial charge >= 0.3 is 11.9 Å². The second-order valence-electron chi connectivity index (χ2n) is 17.6. The fourth-order valence-corrected chi connectivity index (χ4v) is 7.76. The van der Waals surface area contributed by atoms with Crippen LogP contribution in [-0.4, -0.2) is 36.9 Å². The predicted molar refractivity (Wildman–Crippen MR) is 238 cm³/mol. The van der Waals surface area contributed by atoms with E-state index in [-0.39, 0.29) is 31.8 Å². The molecule has 0 saturated carbocycles. The zero-order valence-electron chi connectivity index (χ0n) is 37.7. The maximum atomic E-state index is 12.4. The van der Waals surface area contributed by atoms with Gasteiger partial charge in [0, 0.05) is 12.8 Å². The summed E-state index contributed by atoms with van der Waals surface area (Å²) in [5.41, 5.74) is -0.716. The Labute approximate surface area is 344 Å². The van der Waals surface area contributed by atoms with E-state index < -0.39 is 5.41 Å². The monoisotopic (exact) mass is 779 g/mol. The van der Waals surface area contributed by atoms with Crippen LogP contribution in [0.5, 0.6) is 0 Å². The number of aliphatic hydroxyl groups excluding tert-OH is 1. The summed E-state index contributed by atoms with van der Waals surface area (Å²) in [6, 6.07) is 0. The molecule has 0 saturated heterocycles. The van der Waals surface area contributed by atoms with E-state index in [1.54, 1.807) is 0 Å². The molecule has 0 aliphatic carbocycles. The van der Waals surface area contributed by atoms with Crippen LogP contribution in [0.1, 0.15) is 284 Å². The number of aliphatic hydroxyl groups is 1. The standard InChI is InChI=1S/C50H98O5/c1-4-7-9-11-13-15-17-19-21-23-25-27-29-31-33-35-37-39-41-43-48(52)54-46-50(6-3,45-51)47-55-49(53)44-42-40-38-36-34-32-30-28-26-24-22-20-18-16-14-12-10-8-5-2/h51H,4-47H2,1-3H3. The van der Waals surface area contributed by atoms with Crippen LogP contribution in [0, 0.1) is 5.41 Å². The van der Waals surface area contributed by atoms with Crippen LogP contribution >= 0.6 is 0 Å². The first-order valence-electron chi connectivity index (χ1n) is 25.0. The minimum absolute atomic E-state index is 0.102. The van der Waals surface area contributed by atoms with Gasteiger partial charge in [0.15, 0.2) is 0 Å². The normalized spacial score (nSPS) is 11.7. The van der Waals surface area contributed by atoms with Crippen LogP contribution in [0.3, 0.4) is 0 Å². The third-order valence-corrected chi connectivity index (χ3v) is 12.1. The van der Waals surface area contributed by atoms with Crippen molar-refractivity contribution in [3.8, 4) is 0 Å². The molecule has 0 radical (unpaired) electrons. The molecule has 0 aromatic carbocycles. The summed E-state index contributed by atoms with van der Waals surface area (Å²) in [4.78, 5) is 24.9. The maximum absolute atomic E-state index is 12.4. The molecule has 0 spiro atoms. The van der Waals surface area contributed by atoms with Crippen molar-refractivity contribution in [2.24, 2.45) is 5.41 Å². The number of hydrogen-bond donors (Lipinski definition) is 1. The molecule has 0 unspecified atom stereocenters. The van der Waals surface area contributed by atoms with E-state index in [2.05, 4.69) is 13.8 Å². The quantitative estimate of drug-likeness (QED) is 0.0492. The Morgan fingerprint density at radius 3 is 0.727 bits per heavy atom. The van der Waals surface area contributed by atoms with Crippen LogP contribution in [-0.2, 0) is 19.1 Å². The van der Waals surface area contributed by atoms with Crippen molar-refractivity contribution in [1.29, 1.82) is 0 Å². The van der Waals surface area contributed by atoms with Crippen molar-refractivity contribution >= 4 is 11.9 Å². The molecule has 0 aliphatic heterocycles. The van der Waals surface area contributed by atoms with Gasteiger partial charge in [0.2, 0.25) is 0 Å². The Morgan fingerprint density at radius 2 is 0.545 bits per heavy atom. The second kappa shape index (κ2) is 44.0. The van der Waals surface area contributed by atoms with E-state index in [4.69, 9.17) is 9.47 Å². The van der Waals surface area contributed by atoms with E-state index in [1.807, 2.05) is 6.92 Å². The predicted octanol–water partition coefficient (Wildman–Crippen LogP) is 16.1. The SMILES string of the molecule is CCCCCCCCCCCCCCCCCCCCCC(=O)OCC(CC)(CO)COC(=O)CCCCCCCCCCCCCCCCCCCCC. The van der Waals surface area contributed by atoms with Crippen LogP contribution in [0.25, 0.3) is 0 Å². The Hall–Kier alpha value is -1.10. The average Bonchev–Trinajstić information content (AvgIpc) is 3.20. The number of ether oxygens (including phenoxy) is 2. The summed E-state index contributed by atoms with van der Waals surface area (Å²) in [6.45, 7) is 6.56. The van der Waals surface area contributed by atoms with Gasteiger partial charge in [-0.2, -0.15) is 0 Å². The number of esters is 2. The summed E-state index contributed by atoms with van der Waals surface area (Å²) >= 11 is 0. The van der Waals surface area contributed by atoms with Gasteiger partial charge in [0.1, 0.15) is 13.2 Å². The lowest BCUT2D eigenvalue weighted by molar-refractivity contribution is -0.156. The zero-order valence-corrected chi connectivity index (χ0v) is 37.7. The molecule has 328 valence electrons. The first-order chi connectivity index (χ1) is 27.0. The third-order valence-electron chi connectivity index (χ3n) is 12.1. The topological polar surface area (TPSA) is 72.8 Å². The molecule has 0 heterocycles. The van der Waals surface area contributed by atoms with Crippen molar-refractivity contribution in [3.05, 3.63) is 0 Å². The van der Waals surface area contributed by atoms with Gasteiger partial charge in [-0.05, 0) is 19.3 Å². The van der Waals surface area contributed by atoms with Crippen LogP contribution < -0.4 is 0 Å². The van der Waals surface area contributed by atoms with Gasteiger partial charge in [-0.1, -0.05) is 252 Å². The Bertz CT molecular complexity index is 718. The summed E-state index contributed by atoms with van der Waals surface area (Å²) in [5.74, 6) is -0.419. The molecular weight excluding hydrogens is 681 g/mol. The lowest BCUT2D eigenvalue weighted by Gasteiger charge is -2.29. The largest absolute Gasteiger partial charge is 0.465 e. The Morgan fingerprint density at radius 1 is 0.345 bits per heavy atom. The molecule has 0 aromatic heterocycles. The van der Waals surface area contributed by atoms with E-state index in [9.17, 15) is 14.7 Å². The lowest BCUT2D eigenvalue weighted by atomic mass is 9.88. The molecule has 0 rings (SSSR count). The van der Waals surface area contributed by atoms with Gasteiger partial charge < -0.3 is 14.6 Å². The van der Waals surface area contributed by atoms with Crippen LogP contribution in [0.2, 0.25) is 0 Å². The van der Waals surface area contributed by atoms with Crippen molar-refractivity contribution in [3.63, 3.8) is 0 Å². The molecule has 0 bridgehead atoms. The molecule has 0 fully saturated rings. The number of hydrogen-bond acceptors (Lipinski definition) is 5. The minimum atomic E-state index is -0.716. The highest BCUT2D eigenvalue weighted by Crippen LogP contribution is 2.24. The van der Waals surface area contributed by atoms with E-state index in [1.165, 1.54) is 218 Å². The van der Waals surface area contributed by atoms with Crippen LogP contribution in [0.4, 0.5) is 0 Å². The van der Waals surface area contributed by atoms with Gasteiger partial charge in [-0.25, -0.2) is 0 Å². The van der Waals surface area contributed by atoms with Gasteiger partial charge in [0.05, 0.1) is 12.0 Å². The highest BCUT2D eigenvalue weighted by Gasteiger charge is 2.31. The number of unbranched alkanes of at least 4 members (excludes halogenated alkanes) is 36. The average molecular weight is 779 g/mol. The summed E-state index contributed by atoms with van der Waals surface area (Å²) in [5, 5.41) is 10.1. The smallest absolute Gasteiger partial charge is 0.305 e. The molecule has 5 heteroatoms. The highest BCUT2D eigenvalue weighted by molar-refractivity contribution is 5.69. The van der Waals surface area contributed by atoms with Gasteiger partial charge in [-0.3, -0.25) is 9.59 Å². The Kier molecular flexibility index (Phi) is 43.1. The fraction of sp³-hybridized carbons (Fsp3) is 0.960. The molecule has 0 aromatic rings. The van der Waals surface area contributed by atoms with Gasteiger partial charge in [0.25, 0.3) is 0 Å². The molecule has 55 heavy (non-hydrogen) atoms. The van der Waals surface area contributed by atoms with Crippen molar-refractivity contribution in [2.75, 3.05) is 19.8 Å². The van der Waals surface area contributed by atoms with E-state index in [0.29, 0.717) is 19.3 Å². The van der Waals surface area contributed by atoms with E-state index >= 15 is 0 Å². The highest BCUT2D eigenvalue weighted by atomic mass is 16.5. The molecular formula is C50H98O5. The first kappa shape index (κ1) is 53.9. The number of carbonyl (C=O) groups excluding carboxylic acids is 2. The van der Waals surface area contributed by atoms with Crippen molar-refractivity contribution < 1.29 is 24.2 Å². The fourth-order valence-electron chi connectivity index (χ4n) is 7.76. The van der Waals surface area contributed by atoms with Crippen LogP contribution in [0.15, 0.2) is 0 Å². The summed E-state index contributed by atoms with van der Waals surface area (Å²) < 4.78 is 11.1. The second-order valence-corrected chi connectivity index (χ2v) is 17.6. The number of rotatable bonds is 46. The maximum Gasteiger partial charge on any atom is 0.305 e. The number of carbonyl (C=O) groups is 2. The van der Waals surface area contributed by atoms with Crippen molar-refractivity contribution in [1.82, 2.24) is 0 Å². The molecule has 1 N–H and O–H groups in total. The minimum Gasteiger partial charge on any atom is -0.465 e. The Balaban J connectivity index is 3.64. The van der Waals surface area contributed by atoms with Gasteiger partial charge in [-0.15, -0.1) is 0 Å². The zero-order chi connectivity index (χ0) is 40.2. The molecule has 0 atom stereocenters. The third kappa shape index (κ3) is 39.5. The first-order valence-corrected chi connectivity index (χ1v) is 25.0. The lowest BCUT2D eigenvalue weighted by Crippen LogP contribution is -2.37. The van der Waals surface area contributed by atoms with E-state index in [0.717, 1.165) is 25.7 Å². The summed E-state index contributed by atoms with van der Waals surface area (Å²) in [6.07, 6.45) is 52.0. The summed E-state index contributed by atoms with van der Waals surface area (Å²) in [7, 11) is 0. The molecule has 5 nitrogen and oxygen atoms in total.